The molecule has 2 atom stereocenters. The minimum atomic E-state index is -0.283. The SMILES string of the molecule is COCCNCCNC(=O)CN1C(=O)C2CCCCC2C1=O. The summed E-state index contributed by atoms with van der Waals surface area (Å²) in [5.74, 6) is -0.991. The zero-order valence-corrected chi connectivity index (χ0v) is 13.1. The molecule has 1 heterocycles. The van der Waals surface area contributed by atoms with Gasteiger partial charge in [0.05, 0.1) is 18.4 Å². The molecule has 0 aromatic rings. The second-order valence-electron chi connectivity index (χ2n) is 5.85. The normalized spacial score (nSPS) is 24.5. The van der Waals surface area contributed by atoms with Gasteiger partial charge in [-0.15, -0.1) is 0 Å². The molecule has 2 fully saturated rings. The minimum absolute atomic E-state index is 0.150. The lowest BCUT2D eigenvalue weighted by molar-refractivity contribution is -0.143. The lowest BCUT2D eigenvalue weighted by Gasteiger charge is -2.19. The molecule has 1 aliphatic carbocycles. The van der Waals surface area contributed by atoms with Gasteiger partial charge in [-0.2, -0.15) is 0 Å². The second kappa shape index (κ2) is 8.24. The summed E-state index contributed by atoms with van der Waals surface area (Å²) in [7, 11) is 1.63. The number of nitrogens with one attached hydrogen (secondary N) is 2. The van der Waals surface area contributed by atoms with Gasteiger partial charge in [0, 0.05) is 26.7 Å². The Labute approximate surface area is 130 Å². The standard InChI is InChI=1S/C15H25N3O4/c1-22-9-8-16-6-7-17-13(19)10-18-14(20)11-4-2-3-5-12(11)15(18)21/h11-12,16H,2-10H2,1H3,(H,17,19). The molecule has 7 heteroatoms. The first-order chi connectivity index (χ1) is 10.6. The number of carbonyl (C=O) groups excluding carboxylic acids is 3. The van der Waals surface area contributed by atoms with Gasteiger partial charge in [-0.1, -0.05) is 12.8 Å². The molecule has 2 unspecified atom stereocenters. The quantitative estimate of drug-likeness (QED) is 0.467. The Morgan fingerprint density at radius 1 is 1.14 bits per heavy atom. The fourth-order valence-electron chi connectivity index (χ4n) is 3.18. The van der Waals surface area contributed by atoms with Crippen LogP contribution in [0.2, 0.25) is 0 Å². The number of hydrogen-bond acceptors (Lipinski definition) is 5. The largest absolute Gasteiger partial charge is 0.383 e. The summed E-state index contributed by atoms with van der Waals surface area (Å²) >= 11 is 0. The third-order valence-corrected chi connectivity index (χ3v) is 4.34. The summed E-state index contributed by atoms with van der Waals surface area (Å²) < 4.78 is 4.90. The fraction of sp³-hybridized carbons (Fsp3) is 0.800. The third-order valence-electron chi connectivity index (χ3n) is 4.34. The molecular weight excluding hydrogens is 286 g/mol. The summed E-state index contributed by atoms with van der Waals surface area (Å²) in [6, 6.07) is 0. The highest BCUT2D eigenvalue weighted by atomic mass is 16.5. The van der Waals surface area contributed by atoms with Crippen molar-refractivity contribution in [3.63, 3.8) is 0 Å². The number of methoxy groups -OCH3 is 1. The van der Waals surface area contributed by atoms with Crippen LogP contribution in [0, 0.1) is 11.8 Å². The van der Waals surface area contributed by atoms with E-state index >= 15 is 0 Å². The highest BCUT2D eigenvalue weighted by Crippen LogP contribution is 2.37. The van der Waals surface area contributed by atoms with E-state index in [9.17, 15) is 14.4 Å². The number of ether oxygens (including phenoxy) is 1. The first kappa shape index (κ1) is 16.9. The summed E-state index contributed by atoms with van der Waals surface area (Å²) in [6.07, 6.45) is 3.54. The predicted octanol–water partition coefficient (Wildman–Crippen LogP) is -0.486. The Hall–Kier alpha value is -1.47. The van der Waals surface area contributed by atoms with Crippen molar-refractivity contribution >= 4 is 17.7 Å². The van der Waals surface area contributed by atoms with Gasteiger partial charge >= 0.3 is 0 Å². The Kier molecular flexibility index (Phi) is 6.33. The van der Waals surface area contributed by atoms with Crippen LogP contribution in [0.4, 0.5) is 0 Å². The highest BCUT2D eigenvalue weighted by Gasteiger charge is 2.48. The lowest BCUT2D eigenvalue weighted by atomic mass is 9.81. The Morgan fingerprint density at radius 2 is 1.77 bits per heavy atom. The van der Waals surface area contributed by atoms with Crippen LogP contribution in [0.1, 0.15) is 25.7 Å². The Morgan fingerprint density at radius 3 is 2.36 bits per heavy atom. The number of carbonyl (C=O) groups is 3. The van der Waals surface area contributed by atoms with Crippen LogP contribution in [0.3, 0.4) is 0 Å². The number of hydrogen-bond donors (Lipinski definition) is 2. The van der Waals surface area contributed by atoms with Gasteiger partial charge in [0.1, 0.15) is 6.54 Å². The van der Waals surface area contributed by atoms with Gasteiger partial charge in [0.25, 0.3) is 0 Å². The summed E-state index contributed by atoms with van der Waals surface area (Å²) in [6.45, 7) is 2.28. The van der Waals surface area contributed by atoms with Crippen molar-refractivity contribution in [1.29, 1.82) is 0 Å². The van der Waals surface area contributed by atoms with Crippen LogP contribution in [0.5, 0.6) is 0 Å². The van der Waals surface area contributed by atoms with E-state index < -0.39 is 0 Å². The molecule has 0 bridgehead atoms. The molecule has 0 aromatic carbocycles. The van der Waals surface area contributed by atoms with Gasteiger partial charge in [-0.25, -0.2) is 0 Å². The van der Waals surface area contributed by atoms with Crippen LogP contribution >= 0.6 is 0 Å². The molecule has 2 aliphatic rings. The zero-order chi connectivity index (χ0) is 15.9. The third kappa shape index (κ3) is 4.04. The molecule has 0 aromatic heterocycles. The van der Waals surface area contributed by atoms with E-state index in [-0.39, 0.29) is 36.1 Å². The molecule has 0 spiro atoms. The van der Waals surface area contributed by atoms with E-state index in [1.807, 2.05) is 0 Å². The Bertz CT molecular complexity index is 403. The molecule has 124 valence electrons. The van der Waals surface area contributed by atoms with Gasteiger partial charge < -0.3 is 15.4 Å². The topological polar surface area (TPSA) is 87.7 Å². The monoisotopic (exact) mass is 311 g/mol. The Balaban J connectivity index is 1.72. The number of likely N-dealkylation sites (tertiary alicyclic amines) is 1. The smallest absolute Gasteiger partial charge is 0.240 e. The van der Waals surface area contributed by atoms with Crippen LogP contribution in [0.15, 0.2) is 0 Å². The zero-order valence-electron chi connectivity index (χ0n) is 13.1. The van der Waals surface area contributed by atoms with Crippen LogP contribution in [-0.4, -0.2) is 62.5 Å². The maximum Gasteiger partial charge on any atom is 0.240 e. The summed E-state index contributed by atoms with van der Waals surface area (Å²) in [5, 5.41) is 5.83. The van der Waals surface area contributed by atoms with Crippen molar-refractivity contribution < 1.29 is 19.1 Å². The maximum absolute atomic E-state index is 12.2. The molecule has 1 saturated carbocycles. The summed E-state index contributed by atoms with van der Waals surface area (Å²) in [4.78, 5) is 37.5. The van der Waals surface area contributed by atoms with E-state index in [0.717, 1.165) is 37.1 Å². The second-order valence-corrected chi connectivity index (χ2v) is 5.85. The van der Waals surface area contributed by atoms with Crippen LogP contribution in [0.25, 0.3) is 0 Å². The van der Waals surface area contributed by atoms with Gasteiger partial charge in [0.2, 0.25) is 17.7 Å². The highest BCUT2D eigenvalue weighted by molar-refractivity contribution is 6.07. The maximum atomic E-state index is 12.2. The predicted molar refractivity (Wildman–Crippen MR) is 79.9 cm³/mol. The number of rotatable bonds is 8. The molecule has 2 N–H and O–H groups in total. The van der Waals surface area contributed by atoms with Crippen molar-refractivity contribution in [2.24, 2.45) is 11.8 Å². The van der Waals surface area contributed by atoms with Gasteiger partial charge in [-0.05, 0) is 12.8 Å². The molecule has 22 heavy (non-hydrogen) atoms. The van der Waals surface area contributed by atoms with E-state index in [0.29, 0.717) is 19.7 Å². The number of amides is 3. The van der Waals surface area contributed by atoms with Gasteiger partial charge in [0.15, 0.2) is 0 Å². The number of fused-ring (bicyclic) bond motifs is 1. The van der Waals surface area contributed by atoms with Gasteiger partial charge in [-0.3, -0.25) is 19.3 Å². The van der Waals surface area contributed by atoms with Crippen molar-refractivity contribution in [3.8, 4) is 0 Å². The first-order valence-electron chi connectivity index (χ1n) is 7.96. The molecule has 7 nitrogen and oxygen atoms in total. The van der Waals surface area contributed by atoms with Crippen LogP contribution < -0.4 is 10.6 Å². The average molecular weight is 311 g/mol. The fourth-order valence-corrected chi connectivity index (χ4v) is 3.18. The van der Waals surface area contributed by atoms with Crippen molar-refractivity contribution in [2.45, 2.75) is 25.7 Å². The molecule has 1 saturated heterocycles. The van der Waals surface area contributed by atoms with Crippen LogP contribution in [-0.2, 0) is 19.1 Å². The summed E-state index contributed by atoms with van der Waals surface area (Å²) in [5.41, 5.74) is 0. The average Bonchev–Trinajstić information content (AvgIpc) is 2.76. The number of imide groups is 1. The van der Waals surface area contributed by atoms with Crippen molar-refractivity contribution in [1.82, 2.24) is 15.5 Å². The molecule has 3 amide bonds. The first-order valence-corrected chi connectivity index (χ1v) is 7.96. The minimum Gasteiger partial charge on any atom is -0.383 e. The van der Waals surface area contributed by atoms with E-state index in [1.54, 1.807) is 7.11 Å². The van der Waals surface area contributed by atoms with Crippen molar-refractivity contribution in [3.05, 3.63) is 0 Å². The van der Waals surface area contributed by atoms with E-state index in [1.165, 1.54) is 0 Å². The molecule has 1 aliphatic heterocycles. The molecule has 0 radical (unpaired) electrons. The van der Waals surface area contributed by atoms with Crippen molar-refractivity contribution in [2.75, 3.05) is 39.9 Å². The molecular formula is C15H25N3O4. The molecule has 2 rings (SSSR count). The van der Waals surface area contributed by atoms with E-state index in [2.05, 4.69) is 10.6 Å². The lowest BCUT2D eigenvalue weighted by Crippen LogP contribution is -2.42. The van der Waals surface area contributed by atoms with E-state index in [4.69, 9.17) is 4.74 Å². The number of nitrogens with zero attached hydrogens (tertiary/aromatic N) is 1.